The molecule has 18 heavy (non-hydrogen) atoms. The van der Waals surface area contributed by atoms with Crippen LogP contribution in [0.4, 0.5) is 0 Å². The SMILES string of the molecule is Clc1ccc([C@@H]2C=Cc3cc(Cl)ccc3O2)cc1. The molecule has 2 aromatic carbocycles. The van der Waals surface area contributed by atoms with Gasteiger partial charge in [0.05, 0.1) is 0 Å². The third-order valence-corrected chi connectivity index (χ3v) is 3.36. The van der Waals surface area contributed by atoms with Crippen LogP contribution in [0.5, 0.6) is 5.75 Å². The second-order valence-electron chi connectivity index (χ2n) is 4.13. The molecule has 0 unspecified atom stereocenters. The summed E-state index contributed by atoms with van der Waals surface area (Å²) in [6.07, 6.45) is 3.97. The number of fused-ring (bicyclic) bond motifs is 1. The molecule has 2 aromatic rings. The van der Waals surface area contributed by atoms with Crippen molar-refractivity contribution in [2.45, 2.75) is 6.10 Å². The van der Waals surface area contributed by atoms with Crippen molar-refractivity contribution in [3.8, 4) is 5.75 Å². The van der Waals surface area contributed by atoms with Crippen LogP contribution < -0.4 is 4.74 Å². The molecule has 0 aromatic heterocycles. The Balaban J connectivity index is 1.92. The second-order valence-corrected chi connectivity index (χ2v) is 5.00. The van der Waals surface area contributed by atoms with Gasteiger partial charge in [-0.25, -0.2) is 0 Å². The molecule has 1 aliphatic rings. The smallest absolute Gasteiger partial charge is 0.142 e. The fraction of sp³-hybridized carbons (Fsp3) is 0.0667. The molecule has 0 saturated heterocycles. The molecule has 1 aliphatic heterocycles. The quantitative estimate of drug-likeness (QED) is 0.701. The molecule has 0 amide bonds. The fourth-order valence-corrected chi connectivity index (χ4v) is 2.26. The Morgan fingerprint density at radius 1 is 0.889 bits per heavy atom. The summed E-state index contributed by atoms with van der Waals surface area (Å²) in [6.45, 7) is 0. The van der Waals surface area contributed by atoms with E-state index in [4.69, 9.17) is 27.9 Å². The summed E-state index contributed by atoms with van der Waals surface area (Å²) >= 11 is 11.8. The fourth-order valence-electron chi connectivity index (χ4n) is 1.96. The van der Waals surface area contributed by atoms with Gasteiger partial charge < -0.3 is 4.74 Å². The lowest BCUT2D eigenvalue weighted by Crippen LogP contribution is -2.08. The van der Waals surface area contributed by atoms with E-state index in [1.54, 1.807) is 0 Å². The van der Waals surface area contributed by atoms with Gasteiger partial charge in [0.1, 0.15) is 11.9 Å². The largest absolute Gasteiger partial charge is 0.481 e. The highest BCUT2D eigenvalue weighted by Crippen LogP contribution is 2.34. The van der Waals surface area contributed by atoms with Gasteiger partial charge in [-0.05, 0) is 42.0 Å². The molecule has 1 atom stereocenters. The summed E-state index contributed by atoms with van der Waals surface area (Å²) in [5.74, 6) is 0.849. The van der Waals surface area contributed by atoms with Crippen LogP contribution in [-0.2, 0) is 0 Å². The molecular weight excluding hydrogens is 267 g/mol. The number of ether oxygens (including phenoxy) is 1. The highest BCUT2D eigenvalue weighted by molar-refractivity contribution is 6.31. The zero-order valence-corrected chi connectivity index (χ0v) is 10.9. The minimum Gasteiger partial charge on any atom is -0.481 e. The normalized spacial score (nSPS) is 17.1. The Labute approximate surface area is 116 Å². The van der Waals surface area contributed by atoms with Crippen molar-refractivity contribution in [3.05, 3.63) is 69.7 Å². The van der Waals surface area contributed by atoms with Crippen molar-refractivity contribution in [2.75, 3.05) is 0 Å². The Hall–Kier alpha value is -1.44. The molecule has 0 aliphatic carbocycles. The molecule has 0 spiro atoms. The first kappa shape index (κ1) is 11.6. The lowest BCUT2D eigenvalue weighted by Gasteiger charge is -2.22. The molecule has 0 saturated carbocycles. The molecule has 1 nitrogen and oxygen atoms in total. The van der Waals surface area contributed by atoms with Gasteiger partial charge >= 0.3 is 0 Å². The van der Waals surface area contributed by atoms with E-state index in [9.17, 15) is 0 Å². The van der Waals surface area contributed by atoms with Gasteiger partial charge in [-0.1, -0.05) is 41.4 Å². The van der Waals surface area contributed by atoms with Crippen LogP contribution in [0.3, 0.4) is 0 Å². The maximum atomic E-state index is 5.94. The van der Waals surface area contributed by atoms with Crippen molar-refractivity contribution in [2.24, 2.45) is 0 Å². The highest BCUT2D eigenvalue weighted by atomic mass is 35.5. The Bertz CT molecular complexity index is 602. The van der Waals surface area contributed by atoms with Crippen molar-refractivity contribution >= 4 is 29.3 Å². The van der Waals surface area contributed by atoms with E-state index in [-0.39, 0.29) is 6.10 Å². The van der Waals surface area contributed by atoms with Crippen LogP contribution in [-0.4, -0.2) is 0 Å². The average molecular weight is 277 g/mol. The van der Waals surface area contributed by atoms with Crippen LogP contribution in [0.1, 0.15) is 17.2 Å². The molecule has 3 rings (SSSR count). The number of rotatable bonds is 1. The lowest BCUT2D eigenvalue weighted by molar-refractivity contribution is 0.252. The molecule has 1 heterocycles. The first-order valence-electron chi connectivity index (χ1n) is 5.62. The molecule has 0 fully saturated rings. The minimum atomic E-state index is -0.0732. The lowest BCUT2D eigenvalue weighted by atomic mass is 10.0. The number of hydrogen-bond donors (Lipinski definition) is 0. The summed E-state index contributed by atoms with van der Waals surface area (Å²) in [7, 11) is 0. The zero-order valence-electron chi connectivity index (χ0n) is 9.44. The molecule has 0 bridgehead atoms. The van der Waals surface area contributed by atoms with Crippen molar-refractivity contribution < 1.29 is 4.74 Å². The van der Waals surface area contributed by atoms with Crippen LogP contribution in [0.15, 0.2) is 48.5 Å². The first-order valence-corrected chi connectivity index (χ1v) is 6.38. The Morgan fingerprint density at radius 3 is 2.39 bits per heavy atom. The molecular formula is C15H10Cl2O. The maximum absolute atomic E-state index is 5.94. The van der Waals surface area contributed by atoms with Gasteiger partial charge in [0.25, 0.3) is 0 Å². The third-order valence-electron chi connectivity index (χ3n) is 2.87. The third kappa shape index (κ3) is 2.24. The van der Waals surface area contributed by atoms with E-state index >= 15 is 0 Å². The topological polar surface area (TPSA) is 9.23 Å². The van der Waals surface area contributed by atoms with Gasteiger partial charge in [0, 0.05) is 15.6 Å². The summed E-state index contributed by atoms with van der Waals surface area (Å²) < 4.78 is 5.92. The summed E-state index contributed by atoms with van der Waals surface area (Å²) in [5, 5.41) is 1.44. The standard InChI is InChI=1S/C15H10Cl2O/c16-12-4-1-10(2-5-12)14-7-3-11-9-13(17)6-8-15(11)18-14/h1-9,14H/t14-/m0/s1. The van der Waals surface area contributed by atoms with E-state index in [0.29, 0.717) is 5.02 Å². The second kappa shape index (κ2) is 4.68. The summed E-state index contributed by atoms with van der Waals surface area (Å²) in [5.41, 5.74) is 2.09. The van der Waals surface area contributed by atoms with Crippen molar-refractivity contribution in [1.82, 2.24) is 0 Å². The molecule has 0 N–H and O–H groups in total. The Morgan fingerprint density at radius 2 is 1.61 bits per heavy atom. The molecule has 3 heteroatoms. The maximum Gasteiger partial charge on any atom is 0.142 e. The summed E-state index contributed by atoms with van der Waals surface area (Å²) in [6, 6.07) is 13.3. The van der Waals surface area contributed by atoms with E-state index in [0.717, 1.165) is 21.9 Å². The van der Waals surface area contributed by atoms with Gasteiger partial charge in [-0.15, -0.1) is 0 Å². The predicted octanol–water partition coefficient (Wildman–Crippen LogP) is 5.14. The number of halogens is 2. The number of benzene rings is 2. The van der Waals surface area contributed by atoms with Crippen molar-refractivity contribution in [1.29, 1.82) is 0 Å². The molecule has 90 valence electrons. The van der Waals surface area contributed by atoms with E-state index in [1.165, 1.54) is 0 Å². The van der Waals surface area contributed by atoms with Gasteiger partial charge in [0.2, 0.25) is 0 Å². The summed E-state index contributed by atoms with van der Waals surface area (Å²) in [4.78, 5) is 0. The van der Waals surface area contributed by atoms with E-state index in [1.807, 2.05) is 54.6 Å². The van der Waals surface area contributed by atoms with Crippen LogP contribution in [0.2, 0.25) is 10.0 Å². The van der Waals surface area contributed by atoms with Gasteiger partial charge in [0.15, 0.2) is 0 Å². The van der Waals surface area contributed by atoms with Crippen molar-refractivity contribution in [3.63, 3.8) is 0 Å². The monoisotopic (exact) mass is 276 g/mol. The van der Waals surface area contributed by atoms with Gasteiger partial charge in [-0.3, -0.25) is 0 Å². The number of hydrogen-bond acceptors (Lipinski definition) is 1. The van der Waals surface area contributed by atoms with Gasteiger partial charge in [-0.2, -0.15) is 0 Å². The minimum absolute atomic E-state index is 0.0732. The predicted molar refractivity (Wildman–Crippen MR) is 75.3 cm³/mol. The first-order chi connectivity index (χ1) is 8.72. The van der Waals surface area contributed by atoms with E-state index in [2.05, 4.69) is 0 Å². The van der Waals surface area contributed by atoms with Crippen LogP contribution >= 0.6 is 23.2 Å². The Kier molecular flexibility index (Phi) is 3.02. The zero-order chi connectivity index (χ0) is 12.5. The highest BCUT2D eigenvalue weighted by Gasteiger charge is 2.16. The van der Waals surface area contributed by atoms with E-state index < -0.39 is 0 Å². The van der Waals surface area contributed by atoms with Crippen LogP contribution in [0.25, 0.3) is 6.08 Å². The average Bonchev–Trinajstić information content (AvgIpc) is 2.39. The van der Waals surface area contributed by atoms with Crippen LogP contribution in [0, 0.1) is 0 Å². The molecule has 0 radical (unpaired) electrons.